The molecule has 1 heteroatoms. The minimum Gasteiger partial charge on any atom is -0.242 e. The highest BCUT2D eigenvalue weighted by molar-refractivity contribution is 5.16. The quantitative estimate of drug-likeness (QED) is 0.390. The third kappa shape index (κ3) is 1.00. The first-order valence-electron chi connectivity index (χ1n) is 3.63. The van der Waals surface area contributed by atoms with E-state index in [1.807, 2.05) is 0 Å². The lowest BCUT2D eigenvalue weighted by Gasteiger charge is -2.01. The van der Waals surface area contributed by atoms with Crippen LogP contribution in [-0.2, 0) is 0 Å². The van der Waals surface area contributed by atoms with Crippen LogP contribution in [0.15, 0.2) is 0 Å². The second-order valence-corrected chi connectivity index (χ2v) is 3.48. The average Bonchev–Trinajstić information content (AvgIpc) is 2.44. The molecule has 2 atom stereocenters. The molecule has 0 aromatic heterocycles. The summed E-state index contributed by atoms with van der Waals surface area (Å²) in [6.07, 6.45) is 2.63. The van der Waals surface area contributed by atoms with Gasteiger partial charge in [0.05, 0.1) is 0 Å². The highest BCUT2D eigenvalue weighted by Gasteiger charge is 2.55. The van der Waals surface area contributed by atoms with Gasteiger partial charge in [0.25, 0.3) is 0 Å². The van der Waals surface area contributed by atoms with Gasteiger partial charge in [0, 0.05) is 11.8 Å². The van der Waals surface area contributed by atoms with E-state index in [1.165, 1.54) is 12.8 Å². The highest BCUT2D eigenvalue weighted by atomic mass is 15.1. The molecule has 0 amide bonds. The Balaban J connectivity index is 2.48. The van der Waals surface area contributed by atoms with Crippen molar-refractivity contribution in [2.45, 2.75) is 32.7 Å². The summed E-state index contributed by atoms with van der Waals surface area (Å²) in [6, 6.07) is 0.752. The Morgan fingerprint density at radius 3 is 2.44 bits per heavy atom. The van der Waals surface area contributed by atoms with E-state index in [-0.39, 0.29) is 0 Å². The van der Waals surface area contributed by atoms with Crippen LogP contribution in [0.1, 0.15) is 26.7 Å². The Labute approximate surface area is 57.4 Å². The third-order valence-electron chi connectivity index (χ3n) is 2.64. The van der Waals surface area contributed by atoms with Gasteiger partial charge in [0.1, 0.15) is 13.8 Å². The van der Waals surface area contributed by atoms with Crippen molar-refractivity contribution in [1.82, 2.24) is 0 Å². The first-order chi connectivity index (χ1) is 4.10. The molecule has 52 valence electrons. The van der Waals surface area contributed by atoms with Gasteiger partial charge in [0.15, 0.2) is 6.04 Å². The van der Waals surface area contributed by atoms with Crippen molar-refractivity contribution < 1.29 is 4.58 Å². The summed E-state index contributed by atoms with van der Waals surface area (Å²) in [5, 5.41) is 0. The molecule has 0 spiro atoms. The first kappa shape index (κ1) is 6.79. The van der Waals surface area contributed by atoms with Crippen molar-refractivity contribution in [3.63, 3.8) is 0 Å². The molecule has 1 nitrogen and oxygen atoms in total. The summed E-state index contributed by atoms with van der Waals surface area (Å²) >= 11 is 0. The summed E-state index contributed by atoms with van der Waals surface area (Å²) < 4.78 is 2.09. The van der Waals surface area contributed by atoms with Crippen LogP contribution in [-0.4, -0.2) is 24.4 Å². The SMILES string of the molecule is C=[N+](C)C1CC1(C)CC. The predicted octanol–water partition coefficient (Wildman–Crippen LogP) is 1.52. The Bertz CT molecular complexity index is 140. The fourth-order valence-electron chi connectivity index (χ4n) is 1.45. The molecule has 0 saturated heterocycles. The summed E-state index contributed by atoms with van der Waals surface area (Å²) in [7, 11) is 2.06. The van der Waals surface area contributed by atoms with E-state index < -0.39 is 0 Å². The van der Waals surface area contributed by atoms with E-state index in [4.69, 9.17) is 0 Å². The van der Waals surface area contributed by atoms with E-state index in [0.29, 0.717) is 5.41 Å². The van der Waals surface area contributed by atoms with Crippen LogP contribution >= 0.6 is 0 Å². The third-order valence-corrected chi connectivity index (χ3v) is 2.64. The number of nitrogens with zero attached hydrogens (tertiary/aromatic N) is 1. The maximum absolute atomic E-state index is 3.88. The smallest absolute Gasteiger partial charge is 0.158 e. The molecule has 0 aromatic rings. The monoisotopic (exact) mass is 126 g/mol. The van der Waals surface area contributed by atoms with E-state index in [1.54, 1.807) is 0 Å². The van der Waals surface area contributed by atoms with Crippen molar-refractivity contribution >= 4 is 6.72 Å². The Kier molecular flexibility index (Phi) is 1.38. The molecule has 1 aliphatic rings. The molecular weight excluding hydrogens is 110 g/mol. The number of hydrogen-bond acceptors (Lipinski definition) is 0. The van der Waals surface area contributed by atoms with Gasteiger partial charge in [-0.3, -0.25) is 0 Å². The summed E-state index contributed by atoms with van der Waals surface area (Å²) in [4.78, 5) is 0. The lowest BCUT2D eigenvalue weighted by Crippen LogP contribution is -2.12. The molecule has 1 saturated carbocycles. The molecule has 1 rings (SSSR count). The Morgan fingerprint density at radius 1 is 1.78 bits per heavy atom. The zero-order valence-electron chi connectivity index (χ0n) is 6.65. The van der Waals surface area contributed by atoms with Gasteiger partial charge >= 0.3 is 0 Å². The van der Waals surface area contributed by atoms with Crippen LogP contribution in [0.2, 0.25) is 0 Å². The van der Waals surface area contributed by atoms with Gasteiger partial charge in [-0.15, -0.1) is 0 Å². The van der Waals surface area contributed by atoms with Crippen LogP contribution in [0.5, 0.6) is 0 Å². The highest BCUT2D eigenvalue weighted by Crippen LogP contribution is 2.49. The maximum atomic E-state index is 3.88. The normalized spacial score (nSPS) is 40.6. The Morgan fingerprint density at radius 2 is 2.33 bits per heavy atom. The molecule has 1 fully saturated rings. The minimum atomic E-state index is 0.594. The molecule has 1 aliphatic carbocycles. The molecule has 0 N–H and O–H groups in total. The van der Waals surface area contributed by atoms with Crippen LogP contribution in [0, 0.1) is 5.41 Å². The molecule has 0 aromatic carbocycles. The Hall–Kier alpha value is -0.330. The molecular formula is C8H16N+. The summed E-state index contributed by atoms with van der Waals surface area (Å²) in [6.45, 7) is 8.46. The van der Waals surface area contributed by atoms with Crippen LogP contribution in [0.3, 0.4) is 0 Å². The van der Waals surface area contributed by atoms with Crippen molar-refractivity contribution in [1.29, 1.82) is 0 Å². The lowest BCUT2D eigenvalue weighted by atomic mass is 10.1. The van der Waals surface area contributed by atoms with Crippen LogP contribution in [0.25, 0.3) is 0 Å². The van der Waals surface area contributed by atoms with Crippen molar-refractivity contribution in [2.75, 3.05) is 7.05 Å². The molecule has 0 heterocycles. The zero-order chi connectivity index (χ0) is 7.07. The number of hydrogen-bond donors (Lipinski definition) is 0. The van der Waals surface area contributed by atoms with Gasteiger partial charge in [-0.2, -0.15) is 0 Å². The molecule has 0 bridgehead atoms. The second kappa shape index (κ2) is 1.83. The molecule has 0 aliphatic heterocycles. The molecule has 0 radical (unpaired) electrons. The number of rotatable bonds is 2. The lowest BCUT2D eigenvalue weighted by molar-refractivity contribution is -0.510. The maximum Gasteiger partial charge on any atom is 0.158 e. The zero-order valence-corrected chi connectivity index (χ0v) is 6.65. The van der Waals surface area contributed by atoms with Crippen LogP contribution < -0.4 is 0 Å². The van der Waals surface area contributed by atoms with Crippen molar-refractivity contribution in [2.24, 2.45) is 5.41 Å². The standard InChI is InChI=1S/C8H16N/c1-5-8(2)6-7(8)9(3)4/h7H,3,5-6H2,1-2,4H3/q+1. The van der Waals surface area contributed by atoms with Gasteiger partial charge < -0.3 is 0 Å². The predicted molar refractivity (Wildman–Crippen MR) is 40.1 cm³/mol. The second-order valence-electron chi connectivity index (χ2n) is 3.48. The fourth-order valence-corrected chi connectivity index (χ4v) is 1.45. The van der Waals surface area contributed by atoms with Crippen molar-refractivity contribution in [3.05, 3.63) is 0 Å². The van der Waals surface area contributed by atoms with E-state index >= 15 is 0 Å². The largest absolute Gasteiger partial charge is 0.242 e. The van der Waals surface area contributed by atoms with Gasteiger partial charge in [-0.05, 0) is 6.42 Å². The summed E-state index contributed by atoms with van der Waals surface area (Å²) in [5.74, 6) is 0. The van der Waals surface area contributed by atoms with Gasteiger partial charge in [-0.1, -0.05) is 13.8 Å². The van der Waals surface area contributed by atoms with Crippen LogP contribution in [0.4, 0.5) is 0 Å². The molecule has 2 unspecified atom stereocenters. The van der Waals surface area contributed by atoms with E-state index in [9.17, 15) is 0 Å². The van der Waals surface area contributed by atoms with Crippen molar-refractivity contribution in [3.8, 4) is 0 Å². The van der Waals surface area contributed by atoms with E-state index in [2.05, 4.69) is 32.2 Å². The minimum absolute atomic E-state index is 0.594. The fraction of sp³-hybridized carbons (Fsp3) is 0.875. The van der Waals surface area contributed by atoms with E-state index in [0.717, 1.165) is 6.04 Å². The van der Waals surface area contributed by atoms with Gasteiger partial charge in [0.2, 0.25) is 0 Å². The topological polar surface area (TPSA) is 3.01 Å². The summed E-state index contributed by atoms with van der Waals surface area (Å²) in [5.41, 5.74) is 0.594. The van der Waals surface area contributed by atoms with Gasteiger partial charge in [-0.25, -0.2) is 4.58 Å². The average molecular weight is 126 g/mol. The first-order valence-corrected chi connectivity index (χ1v) is 3.63. The molecule has 9 heavy (non-hydrogen) atoms.